The molecule has 1 fully saturated rings. The summed E-state index contributed by atoms with van der Waals surface area (Å²) in [4.78, 5) is 13.8. The number of carbonyl (C=O) groups excluding carboxylic acids is 1. The minimum Gasteiger partial charge on any atom is -0.316 e. The van der Waals surface area contributed by atoms with Crippen molar-refractivity contribution >= 4 is 17.1 Å². The van der Waals surface area contributed by atoms with E-state index in [1.54, 1.807) is 11.3 Å². The number of hydrogen-bond acceptors (Lipinski definition) is 3. The molecule has 0 bridgehead atoms. The van der Waals surface area contributed by atoms with Gasteiger partial charge in [-0.1, -0.05) is 13.8 Å². The highest BCUT2D eigenvalue weighted by Crippen LogP contribution is 2.38. The first-order valence-electron chi connectivity index (χ1n) is 5.87. The number of nitrogens with one attached hydrogen (secondary N) is 1. The molecule has 0 saturated carbocycles. The minimum absolute atomic E-state index is 0.175. The molecular formula is C13H19NOS. The van der Waals surface area contributed by atoms with E-state index in [1.165, 1.54) is 0 Å². The normalized spacial score (nSPS) is 25.2. The van der Waals surface area contributed by atoms with Crippen molar-refractivity contribution in [3.63, 3.8) is 0 Å². The van der Waals surface area contributed by atoms with E-state index in [0.717, 1.165) is 30.0 Å². The number of aryl methyl sites for hydroxylation is 1. The summed E-state index contributed by atoms with van der Waals surface area (Å²) in [6.07, 6.45) is 0.971. The zero-order valence-electron chi connectivity index (χ0n) is 10.2. The van der Waals surface area contributed by atoms with Gasteiger partial charge in [-0.15, -0.1) is 11.3 Å². The molecular weight excluding hydrogens is 218 g/mol. The minimum atomic E-state index is -0.175. The van der Waals surface area contributed by atoms with Gasteiger partial charge in [-0.25, -0.2) is 0 Å². The van der Waals surface area contributed by atoms with Gasteiger partial charge in [0.25, 0.3) is 0 Å². The largest absolute Gasteiger partial charge is 0.316 e. The zero-order valence-corrected chi connectivity index (χ0v) is 11.0. The number of ketones is 1. The molecule has 2 rings (SSSR count). The number of rotatable bonds is 3. The maximum atomic E-state index is 12.7. The van der Waals surface area contributed by atoms with Crippen molar-refractivity contribution in [3.05, 3.63) is 21.9 Å². The third-order valence-electron chi connectivity index (χ3n) is 3.85. The van der Waals surface area contributed by atoms with Crippen LogP contribution in [0.3, 0.4) is 0 Å². The van der Waals surface area contributed by atoms with Crippen LogP contribution in [0, 0.1) is 18.3 Å². The first-order chi connectivity index (χ1) is 7.58. The number of Topliss-reactive ketones (excluding diaryl/α,β-unsaturated/α-hetero) is 1. The van der Waals surface area contributed by atoms with Crippen LogP contribution in [0.5, 0.6) is 0 Å². The van der Waals surface area contributed by atoms with Gasteiger partial charge >= 0.3 is 0 Å². The molecule has 1 saturated heterocycles. The average molecular weight is 237 g/mol. The van der Waals surface area contributed by atoms with Gasteiger partial charge in [0.1, 0.15) is 0 Å². The predicted octanol–water partition coefficient (Wildman–Crippen LogP) is 2.87. The van der Waals surface area contributed by atoms with Gasteiger partial charge in [0.15, 0.2) is 5.78 Å². The van der Waals surface area contributed by atoms with Gasteiger partial charge in [-0.3, -0.25) is 4.79 Å². The van der Waals surface area contributed by atoms with Gasteiger partial charge in [0.2, 0.25) is 0 Å². The predicted molar refractivity (Wildman–Crippen MR) is 68.1 cm³/mol. The highest BCUT2D eigenvalue weighted by atomic mass is 32.1. The van der Waals surface area contributed by atoms with Gasteiger partial charge in [0, 0.05) is 22.4 Å². The molecule has 2 nitrogen and oxygen atoms in total. The molecule has 16 heavy (non-hydrogen) atoms. The first kappa shape index (κ1) is 11.8. The van der Waals surface area contributed by atoms with Crippen LogP contribution in [0.4, 0.5) is 0 Å². The number of hydrogen-bond donors (Lipinski definition) is 1. The Kier molecular flexibility index (Phi) is 3.17. The summed E-state index contributed by atoms with van der Waals surface area (Å²) >= 11 is 1.66. The smallest absolute Gasteiger partial charge is 0.171 e. The zero-order chi connectivity index (χ0) is 11.8. The van der Waals surface area contributed by atoms with Crippen LogP contribution in [0.25, 0.3) is 0 Å². The van der Waals surface area contributed by atoms with E-state index in [2.05, 4.69) is 19.2 Å². The summed E-state index contributed by atoms with van der Waals surface area (Å²) in [5, 5.41) is 5.35. The van der Waals surface area contributed by atoms with Crippen molar-refractivity contribution in [2.24, 2.45) is 11.3 Å². The van der Waals surface area contributed by atoms with Crippen LogP contribution < -0.4 is 5.32 Å². The summed E-state index contributed by atoms with van der Waals surface area (Å²) in [5.74, 6) is 0.737. The monoisotopic (exact) mass is 237 g/mol. The van der Waals surface area contributed by atoms with Crippen LogP contribution in [-0.4, -0.2) is 18.9 Å². The summed E-state index contributed by atoms with van der Waals surface area (Å²) in [5.41, 5.74) is 0.758. The van der Waals surface area contributed by atoms with E-state index in [0.29, 0.717) is 11.7 Å². The molecule has 1 aromatic rings. The molecule has 0 aliphatic carbocycles. The van der Waals surface area contributed by atoms with Gasteiger partial charge in [-0.2, -0.15) is 0 Å². The molecule has 88 valence electrons. The first-order valence-corrected chi connectivity index (χ1v) is 6.75. The molecule has 1 aromatic heterocycles. The van der Waals surface area contributed by atoms with E-state index in [-0.39, 0.29) is 5.41 Å². The quantitative estimate of drug-likeness (QED) is 0.819. The van der Waals surface area contributed by atoms with E-state index < -0.39 is 0 Å². The lowest BCUT2D eigenvalue weighted by Gasteiger charge is -2.31. The molecule has 0 radical (unpaired) electrons. The molecule has 0 aromatic carbocycles. The van der Waals surface area contributed by atoms with Crippen LogP contribution in [0.1, 0.15) is 35.5 Å². The number of carbonyl (C=O) groups is 1. The van der Waals surface area contributed by atoms with Crippen molar-refractivity contribution in [2.45, 2.75) is 27.2 Å². The SMILES string of the molecule is Cc1sccc1C(=O)C1(C(C)C)CCNC1. The molecule has 1 N–H and O–H groups in total. The van der Waals surface area contributed by atoms with Crippen LogP contribution >= 0.6 is 11.3 Å². The van der Waals surface area contributed by atoms with E-state index in [9.17, 15) is 4.79 Å². The van der Waals surface area contributed by atoms with Gasteiger partial charge in [-0.05, 0) is 37.3 Å². The maximum Gasteiger partial charge on any atom is 0.171 e. The van der Waals surface area contributed by atoms with Crippen molar-refractivity contribution in [1.82, 2.24) is 5.32 Å². The van der Waals surface area contributed by atoms with Gasteiger partial charge in [0.05, 0.1) is 0 Å². The summed E-state index contributed by atoms with van der Waals surface area (Å²) < 4.78 is 0. The van der Waals surface area contributed by atoms with Crippen molar-refractivity contribution in [3.8, 4) is 0 Å². The van der Waals surface area contributed by atoms with E-state index >= 15 is 0 Å². The van der Waals surface area contributed by atoms with Crippen molar-refractivity contribution in [2.75, 3.05) is 13.1 Å². The van der Waals surface area contributed by atoms with Crippen molar-refractivity contribution in [1.29, 1.82) is 0 Å². The van der Waals surface area contributed by atoms with Crippen LogP contribution in [0.15, 0.2) is 11.4 Å². The second kappa shape index (κ2) is 4.30. The van der Waals surface area contributed by atoms with Gasteiger partial charge < -0.3 is 5.32 Å². The van der Waals surface area contributed by atoms with Crippen LogP contribution in [-0.2, 0) is 0 Å². The molecule has 2 heterocycles. The standard InChI is InChI=1S/C13H19NOS/c1-9(2)13(5-6-14-8-13)12(15)11-4-7-16-10(11)3/h4,7,9,14H,5-6,8H2,1-3H3. The molecule has 3 heteroatoms. The lowest BCUT2D eigenvalue weighted by atomic mass is 9.71. The average Bonchev–Trinajstić information content (AvgIpc) is 2.85. The fourth-order valence-electron chi connectivity index (χ4n) is 2.55. The Bertz CT molecular complexity index is 388. The Morgan fingerprint density at radius 2 is 2.31 bits per heavy atom. The third kappa shape index (κ3) is 1.72. The van der Waals surface area contributed by atoms with E-state index in [4.69, 9.17) is 0 Å². The Hall–Kier alpha value is -0.670. The fraction of sp³-hybridized carbons (Fsp3) is 0.615. The van der Waals surface area contributed by atoms with Crippen LogP contribution in [0.2, 0.25) is 0 Å². The highest BCUT2D eigenvalue weighted by molar-refractivity contribution is 7.10. The Labute approximate surface area is 101 Å². The molecule has 1 unspecified atom stereocenters. The molecule has 1 aliphatic rings. The second-order valence-corrected chi connectivity index (χ2v) is 6.08. The third-order valence-corrected chi connectivity index (χ3v) is 4.69. The number of thiophene rings is 1. The molecule has 1 atom stereocenters. The fourth-order valence-corrected chi connectivity index (χ4v) is 3.24. The van der Waals surface area contributed by atoms with E-state index in [1.807, 2.05) is 18.4 Å². The Morgan fingerprint density at radius 1 is 1.56 bits per heavy atom. The lowest BCUT2D eigenvalue weighted by Crippen LogP contribution is -2.38. The lowest BCUT2D eigenvalue weighted by molar-refractivity contribution is 0.0740. The highest BCUT2D eigenvalue weighted by Gasteiger charge is 2.44. The van der Waals surface area contributed by atoms with Crippen molar-refractivity contribution < 1.29 is 4.79 Å². The summed E-state index contributed by atoms with van der Waals surface area (Å²) in [7, 11) is 0. The Balaban J connectivity index is 2.35. The Morgan fingerprint density at radius 3 is 2.75 bits per heavy atom. The topological polar surface area (TPSA) is 29.1 Å². The summed E-state index contributed by atoms with van der Waals surface area (Å²) in [6.45, 7) is 8.15. The molecule has 0 amide bonds. The summed E-state index contributed by atoms with van der Waals surface area (Å²) in [6, 6.07) is 1.98. The maximum absolute atomic E-state index is 12.7. The second-order valence-electron chi connectivity index (χ2n) is 4.96. The molecule has 0 spiro atoms. The molecule has 1 aliphatic heterocycles.